The van der Waals surface area contributed by atoms with Crippen molar-refractivity contribution in [2.45, 2.75) is 19.4 Å². The fraction of sp³-hybridized carbons (Fsp3) is 0.261. The van der Waals surface area contributed by atoms with E-state index >= 15 is 0 Å². The fourth-order valence-electron chi connectivity index (χ4n) is 3.00. The van der Waals surface area contributed by atoms with E-state index in [2.05, 4.69) is 9.97 Å². The number of rotatable bonds is 9. The molecular weight excluding hydrogens is 468 g/mol. The van der Waals surface area contributed by atoms with Crippen molar-refractivity contribution in [3.8, 4) is 22.9 Å². The number of amides is 1. The zero-order valence-corrected chi connectivity index (χ0v) is 18.9. The van der Waals surface area contributed by atoms with Gasteiger partial charge in [0.05, 0.1) is 31.0 Å². The molecule has 1 aromatic heterocycles. The molecule has 0 radical (unpaired) electrons. The van der Waals surface area contributed by atoms with Crippen LogP contribution in [0, 0.1) is 17.6 Å². The first-order valence-electron chi connectivity index (χ1n) is 10.4. The van der Waals surface area contributed by atoms with Gasteiger partial charge in [-0.3, -0.25) is 4.79 Å². The van der Waals surface area contributed by atoms with Crippen LogP contribution in [0.3, 0.4) is 0 Å². The van der Waals surface area contributed by atoms with Crippen LogP contribution in [0.2, 0.25) is 0 Å². The molecule has 1 aliphatic rings. The Morgan fingerprint density at radius 2 is 1.85 bits per heavy atom. The van der Waals surface area contributed by atoms with Gasteiger partial charge in [0.2, 0.25) is 15.9 Å². The summed E-state index contributed by atoms with van der Waals surface area (Å²) in [4.78, 5) is 20.2. The minimum atomic E-state index is -3.77. The summed E-state index contributed by atoms with van der Waals surface area (Å²) in [7, 11) is -3.77. The van der Waals surface area contributed by atoms with Gasteiger partial charge in [-0.2, -0.15) is 0 Å². The summed E-state index contributed by atoms with van der Waals surface area (Å²) in [6.45, 7) is 0.385. The van der Waals surface area contributed by atoms with E-state index in [0.29, 0.717) is 18.4 Å². The van der Waals surface area contributed by atoms with Crippen molar-refractivity contribution >= 4 is 15.9 Å². The highest BCUT2D eigenvalue weighted by Gasteiger charge is 2.22. The van der Waals surface area contributed by atoms with Crippen LogP contribution < -0.4 is 14.2 Å². The zero-order valence-electron chi connectivity index (χ0n) is 18.1. The predicted octanol–water partition coefficient (Wildman–Crippen LogP) is 3.48. The average molecular weight is 490 g/mol. The van der Waals surface area contributed by atoms with Gasteiger partial charge in [-0.05, 0) is 49.1 Å². The van der Waals surface area contributed by atoms with Crippen LogP contribution in [0.5, 0.6) is 11.6 Å². The fourth-order valence-corrected chi connectivity index (χ4v) is 3.46. The largest absolute Gasteiger partial charge is 0.489 e. The number of carbonyl (C=O) groups excluding carboxylic acids is 1. The third-order valence-electron chi connectivity index (χ3n) is 4.99. The zero-order chi connectivity index (χ0) is 24.3. The standard InChI is InChI=1S/C23H21F2N3O5S/c1-34(30,31)28-23(29)15-4-5-16(20(25)8-15)13-32-17-6-7-19(24)18(9-17)21-10-27-22(11-26-21)33-12-14-2-3-14/h4-11,14H,2-3,12-13H2,1H3,(H,28,29). The van der Waals surface area contributed by atoms with Crippen LogP contribution in [0.4, 0.5) is 8.78 Å². The van der Waals surface area contributed by atoms with E-state index < -0.39 is 27.6 Å². The maximum Gasteiger partial charge on any atom is 0.264 e. The smallest absolute Gasteiger partial charge is 0.264 e. The van der Waals surface area contributed by atoms with Gasteiger partial charge >= 0.3 is 0 Å². The SMILES string of the molecule is CS(=O)(=O)NC(=O)c1ccc(COc2ccc(F)c(-c3cnc(OCC4CC4)cn3)c2)c(F)c1. The number of nitrogens with one attached hydrogen (secondary N) is 1. The first kappa shape index (κ1) is 23.6. The van der Waals surface area contributed by atoms with Gasteiger partial charge in [-0.15, -0.1) is 0 Å². The van der Waals surface area contributed by atoms with Crippen molar-refractivity contribution in [2.24, 2.45) is 5.92 Å². The van der Waals surface area contributed by atoms with Crippen LogP contribution in [-0.2, 0) is 16.6 Å². The van der Waals surface area contributed by atoms with Crippen molar-refractivity contribution in [3.63, 3.8) is 0 Å². The summed E-state index contributed by atoms with van der Waals surface area (Å²) in [6, 6.07) is 7.53. The number of aromatic nitrogens is 2. The van der Waals surface area contributed by atoms with Crippen molar-refractivity contribution in [2.75, 3.05) is 12.9 Å². The number of nitrogens with zero attached hydrogens (tertiary/aromatic N) is 2. The van der Waals surface area contributed by atoms with Crippen molar-refractivity contribution in [1.29, 1.82) is 0 Å². The molecule has 0 atom stereocenters. The van der Waals surface area contributed by atoms with Crippen LogP contribution in [-0.4, -0.2) is 37.2 Å². The molecule has 0 unspecified atom stereocenters. The molecule has 0 bridgehead atoms. The third kappa shape index (κ3) is 6.25. The van der Waals surface area contributed by atoms with Crippen molar-refractivity contribution < 1.29 is 31.5 Å². The highest BCUT2D eigenvalue weighted by atomic mass is 32.2. The Kier molecular flexibility index (Phi) is 6.73. The second-order valence-corrected chi connectivity index (χ2v) is 9.68. The van der Waals surface area contributed by atoms with Gasteiger partial charge in [-0.25, -0.2) is 31.9 Å². The normalized spacial score (nSPS) is 13.4. The topological polar surface area (TPSA) is 107 Å². The Morgan fingerprint density at radius 3 is 2.50 bits per heavy atom. The molecule has 11 heteroatoms. The summed E-state index contributed by atoms with van der Waals surface area (Å²) in [5.41, 5.74) is 0.416. The molecule has 1 fully saturated rings. The lowest BCUT2D eigenvalue weighted by atomic mass is 10.1. The van der Waals surface area contributed by atoms with Crippen molar-refractivity contribution in [3.05, 3.63) is 71.6 Å². The maximum absolute atomic E-state index is 14.4. The van der Waals surface area contributed by atoms with E-state index in [1.807, 2.05) is 0 Å². The molecule has 2 aromatic carbocycles. The van der Waals surface area contributed by atoms with Crippen LogP contribution in [0.1, 0.15) is 28.8 Å². The summed E-state index contributed by atoms with van der Waals surface area (Å²) < 4.78 is 64.0. The molecule has 3 aromatic rings. The quantitative estimate of drug-likeness (QED) is 0.490. The molecule has 0 aliphatic heterocycles. The summed E-state index contributed by atoms with van der Waals surface area (Å²) in [5, 5.41) is 0. The second-order valence-electron chi connectivity index (χ2n) is 7.93. The molecule has 1 heterocycles. The molecule has 4 rings (SSSR count). The number of hydrogen-bond donors (Lipinski definition) is 1. The van der Waals surface area contributed by atoms with E-state index in [9.17, 15) is 22.0 Å². The Hall–Kier alpha value is -3.60. The Balaban J connectivity index is 1.42. The maximum atomic E-state index is 14.4. The predicted molar refractivity (Wildman–Crippen MR) is 119 cm³/mol. The molecule has 0 spiro atoms. The van der Waals surface area contributed by atoms with E-state index in [1.54, 1.807) is 4.72 Å². The molecule has 8 nitrogen and oxygen atoms in total. The molecule has 1 N–H and O–H groups in total. The minimum Gasteiger partial charge on any atom is -0.489 e. The molecule has 1 saturated carbocycles. The third-order valence-corrected chi connectivity index (χ3v) is 5.55. The number of benzene rings is 2. The van der Waals surface area contributed by atoms with Gasteiger partial charge < -0.3 is 9.47 Å². The average Bonchev–Trinajstić information content (AvgIpc) is 3.61. The molecule has 0 saturated heterocycles. The van der Waals surface area contributed by atoms with Gasteiger partial charge in [-0.1, -0.05) is 6.07 Å². The summed E-state index contributed by atoms with van der Waals surface area (Å²) in [6.07, 6.45) is 5.96. The highest BCUT2D eigenvalue weighted by Crippen LogP contribution is 2.30. The van der Waals surface area contributed by atoms with E-state index in [0.717, 1.165) is 25.2 Å². The summed E-state index contributed by atoms with van der Waals surface area (Å²) in [5.74, 6) is -1.02. The summed E-state index contributed by atoms with van der Waals surface area (Å²) >= 11 is 0. The monoisotopic (exact) mass is 489 g/mol. The molecule has 178 valence electrons. The Bertz CT molecular complexity index is 1310. The van der Waals surface area contributed by atoms with E-state index in [-0.39, 0.29) is 34.7 Å². The van der Waals surface area contributed by atoms with Crippen LogP contribution >= 0.6 is 0 Å². The van der Waals surface area contributed by atoms with Crippen LogP contribution in [0.15, 0.2) is 48.8 Å². The minimum absolute atomic E-state index is 0.124. The number of hydrogen-bond acceptors (Lipinski definition) is 7. The highest BCUT2D eigenvalue weighted by molar-refractivity contribution is 7.89. The lowest BCUT2D eigenvalue weighted by Gasteiger charge is -2.11. The molecule has 34 heavy (non-hydrogen) atoms. The Morgan fingerprint density at radius 1 is 1.06 bits per heavy atom. The number of carbonyl (C=O) groups is 1. The van der Waals surface area contributed by atoms with Gasteiger partial charge in [0.15, 0.2) is 0 Å². The first-order chi connectivity index (χ1) is 16.2. The second kappa shape index (κ2) is 9.72. The van der Waals surface area contributed by atoms with E-state index in [1.165, 1.54) is 42.7 Å². The number of ether oxygens (including phenoxy) is 2. The number of halogens is 2. The van der Waals surface area contributed by atoms with Gasteiger partial charge in [0.1, 0.15) is 24.0 Å². The Labute approximate surface area is 195 Å². The van der Waals surface area contributed by atoms with Crippen molar-refractivity contribution in [1.82, 2.24) is 14.7 Å². The van der Waals surface area contributed by atoms with Gasteiger partial charge in [0.25, 0.3) is 5.91 Å². The lowest BCUT2D eigenvalue weighted by Crippen LogP contribution is -2.29. The van der Waals surface area contributed by atoms with E-state index in [4.69, 9.17) is 9.47 Å². The lowest BCUT2D eigenvalue weighted by molar-refractivity contribution is 0.0981. The molecular formula is C23H21F2N3O5S. The van der Waals surface area contributed by atoms with Gasteiger partial charge in [0, 0.05) is 16.7 Å². The van der Waals surface area contributed by atoms with Crippen LogP contribution in [0.25, 0.3) is 11.3 Å². The molecule has 1 aliphatic carbocycles. The number of sulfonamides is 1. The molecule has 1 amide bonds. The first-order valence-corrected chi connectivity index (χ1v) is 12.3.